The van der Waals surface area contributed by atoms with E-state index in [-0.39, 0.29) is 0 Å². The van der Waals surface area contributed by atoms with E-state index in [1.54, 1.807) is 0 Å². The summed E-state index contributed by atoms with van der Waals surface area (Å²) in [5, 5.41) is 0. The predicted molar refractivity (Wildman–Crippen MR) is 67.1 cm³/mol. The van der Waals surface area contributed by atoms with E-state index in [1.165, 1.54) is 56.1 Å². The summed E-state index contributed by atoms with van der Waals surface area (Å²) in [7, 11) is 0. The van der Waals surface area contributed by atoms with Crippen LogP contribution in [0.15, 0.2) is 18.2 Å². The van der Waals surface area contributed by atoms with Crippen LogP contribution < -0.4 is 0 Å². The predicted octanol–water partition coefficient (Wildman–Crippen LogP) is 4.56. The molecule has 0 saturated heterocycles. The van der Waals surface area contributed by atoms with Gasteiger partial charge >= 0.3 is 0 Å². The first-order chi connectivity index (χ1) is 7.36. The fourth-order valence-electron chi connectivity index (χ4n) is 1.90. The van der Waals surface area contributed by atoms with Gasteiger partial charge in [-0.1, -0.05) is 57.7 Å². The molecular formula is C15H23. The molecule has 0 N–H and O–H groups in total. The molecule has 0 spiro atoms. The third-order valence-corrected chi connectivity index (χ3v) is 2.76. The maximum atomic E-state index is 3.34. The Kier molecular flexibility index (Phi) is 6.15. The molecule has 0 amide bonds. The first-order valence-corrected chi connectivity index (χ1v) is 6.36. The van der Waals surface area contributed by atoms with E-state index in [4.69, 9.17) is 0 Å². The zero-order valence-corrected chi connectivity index (χ0v) is 10.2. The number of unbranched alkanes of at least 4 members (excludes halogenated alkanes) is 3. The van der Waals surface area contributed by atoms with Crippen LogP contribution in [0.5, 0.6) is 0 Å². The van der Waals surface area contributed by atoms with Gasteiger partial charge in [0.15, 0.2) is 0 Å². The van der Waals surface area contributed by atoms with Gasteiger partial charge in [0.25, 0.3) is 0 Å². The van der Waals surface area contributed by atoms with E-state index in [0.29, 0.717) is 0 Å². The second-order valence-electron chi connectivity index (χ2n) is 4.28. The Balaban J connectivity index is 2.36. The molecule has 15 heavy (non-hydrogen) atoms. The van der Waals surface area contributed by atoms with E-state index in [2.05, 4.69) is 38.1 Å². The van der Waals surface area contributed by atoms with Crippen molar-refractivity contribution < 1.29 is 0 Å². The van der Waals surface area contributed by atoms with Crippen molar-refractivity contribution in [3.63, 3.8) is 0 Å². The molecule has 0 aromatic heterocycles. The van der Waals surface area contributed by atoms with Gasteiger partial charge in [-0.2, -0.15) is 0 Å². The van der Waals surface area contributed by atoms with Crippen LogP contribution >= 0.6 is 0 Å². The number of rotatable bonds is 7. The highest BCUT2D eigenvalue weighted by Crippen LogP contribution is 2.11. The van der Waals surface area contributed by atoms with Crippen LogP contribution in [0.2, 0.25) is 0 Å². The van der Waals surface area contributed by atoms with Gasteiger partial charge < -0.3 is 0 Å². The summed E-state index contributed by atoms with van der Waals surface area (Å²) in [6, 6.07) is 9.95. The summed E-state index contributed by atoms with van der Waals surface area (Å²) in [6.07, 6.45) is 9.02. The smallest absolute Gasteiger partial charge is 0.0149 e. The van der Waals surface area contributed by atoms with Crippen LogP contribution in [-0.4, -0.2) is 0 Å². The van der Waals surface area contributed by atoms with E-state index < -0.39 is 0 Å². The van der Waals surface area contributed by atoms with Gasteiger partial charge in [-0.3, -0.25) is 0 Å². The zero-order valence-electron chi connectivity index (χ0n) is 10.2. The van der Waals surface area contributed by atoms with Crippen molar-refractivity contribution in [2.45, 2.75) is 58.8 Å². The molecule has 0 heterocycles. The molecule has 1 aromatic rings. The molecule has 1 rings (SSSR count). The minimum Gasteiger partial charge on any atom is -0.0654 e. The lowest BCUT2D eigenvalue weighted by Gasteiger charge is -2.03. The summed E-state index contributed by atoms with van der Waals surface area (Å²) in [5.41, 5.74) is 2.87. The lowest BCUT2D eigenvalue weighted by molar-refractivity contribution is 0.666. The van der Waals surface area contributed by atoms with E-state index in [9.17, 15) is 0 Å². The molecule has 0 atom stereocenters. The van der Waals surface area contributed by atoms with Gasteiger partial charge in [-0.05, 0) is 36.5 Å². The molecule has 83 valence electrons. The largest absolute Gasteiger partial charge is 0.0654 e. The summed E-state index contributed by atoms with van der Waals surface area (Å²) in [5.74, 6) is 0. The maximum Gasteiger partial charge on any atom is -0.0149 e. The standard InChI is InChI=1S/C15H23/c1-3-5-6-7-10-15-12-8-11-14(13-15)9-4-2/h8,11,13H,3-7,9-10H2,1-2H3. The Morgan fingerprint density at radius 2 is 1.87 bits per heavy atom. The Hall–Kier alpha value is -0.780. The molecule has 0 fully saturated rings. The van der Waals surface area contributed by atoms with Gasteiger partial charge in [-0.25, -0.2) is 0 Å². The van der Waals surface area contributed by atoms with Gasteiger partial charge in [0.2, 0.25) is 0 Å². The Bertz CT molecular complexity index is 262. The molecule has 1 radical (unpaired) electrons. The molecule has 0 aliphatic carbocycles. The second-order valence-corrected chi connectivity index (χ2v) is 4.28. The average molecular weight is 203 g/mol. The molecule has 0 bridgehead atoms. The molecule has 0 nitrogen and oxygen atoms in total. The quantitative estimate of drug-likeness (QED) is 0.570. The lowest BCUT2D eigenvalue weighted by atomic mass is 10.0. The normalized spacial score (nSPS) is 10.5. The molecule has 0 aliphatic heterocycles. The lowest BCUT2D eigenvalue weighted by Crippen LogP contribution is -1.89. The monoisotopic (exact) mass is 203 g/mol. The van der Waals surface area contributed by atoms with Gasteiger partial charge in [0.05, 0.1) is 0 Å². The highest BCUT2D eigenvalue weighted by molar-refractivity contribution is 5.22. The zero-order chi connectivity index (χ0) is 10.9. The minimum absolute atomic E-state index is 1.20. The molecule has 0 saturated carbocycles. The minimum atomic E-state index is 1.20. The van der Waals surface area contributed by atoms with Crippen LogP contribution in [0.3, 0.4) is 0 Å². The summed E-state index contributed by atoms with van der Waals surface area (Å²) < 4.78 is 0. The third kappa shape index (κ3) is 5.01. The molecule has 0 heteroatoms. The Labute approximate surface area is 94.7 Å². The van der Waals surface area contributed by atoms with Crippen molar-refractivity contribution in [3.8, 4) is 0 Å². The molecular weight excluding hydrogens is 180 g/mol. The summed E-state index contributed by atoms with van der Waals surface area (Å²) >= 11 is 0. The number of aryl methyl sites for hydroxylation is 2. The first kappa shape index (κ1) is 12.3. The maximum absolute atomic E-state index is 3.34. The Morgan fingerprint density at radius 1 is 1.00 bits per heavy atom. The van der Waals surface area contributed by atoms with Crippen molar-refractivity contribution in [2.24, 2.45) is 0 Å². The van der Waals surface area contributed by atoms with Crippen molar-refractivity contribution >= 4 is 0 Å². The highest BCUT2D eigenvalue weighted by Gasteiger charge is 1.96. The summed E-state index contributed by atoms with van der Waals surface area (Å²) in [6.45, 7) is 4.49. The Morgan fingerprint density at radius 3 is 2.60 bits per heavy atom. The molecule has 1 aromatic carbocycles. The van der Waals surface area contributed by atoms with Gasteiger partial charge in [0.1, 0.15) is 0 Å². The molecule has 0 aliphatic rings. The van der Waals surface area contributed by atoms with Crippen molar-refractivity contribution in [1.82, 2.24) is 0 Å². The average Bonchev–Trinajstić information content (AvgIpc) is 2.26. The topological polar surface area (TPSA) is 0 Å². The van der Waals surface area contributed by atoms with Crippen molar-refractivity contribution in [2.75, 3.05) is 0 Å². The van der Waals surface area contributed by atoms with Crippen LogP contribution in [0.4, 0.5) is 0 Å². The van der Waals surface area contributed by atoms with E-state index in [0.717, 1.165) is 0 Å². The number of hydrogen-bond donors (Lipinski definition) is 0. The van der Waals surface area contributed by atoms with Gasteiger partial charge in [0, 0.05) is 0 Å². The fourth-order valence-corrected chi connectivity index (χ4v) is 1.90. The van der Waals surface area contributed by atoms with Crippen molar-refractivity contribution in [1.29, 1.82) is 0 Å². The second kappa shape index (κ2) is 7.50. The van der Waals surface area contributed by atoms with Gasteiger partial charge in [-0.15, -0.1) is 0 Å². The number of benzene rings is 1. The first-order valence-electron chi connectivity index (χ1n) is 6.36. The van der Waals surface area contributed by atoms with Crippen LogP contribution in [-0.2, 0) is 12.8 Å². The van der Waals surface area contributed by atoms with E-state index in [1.807, 2.05) is 0 Å². The van der Waals surface area contributed by atoms with Crippen LogP contribution in [0.25, 0.3) is 0 Å². The van der Waals surface area contributed by atoms with E-state index >= 15 is 0 Å². The third-order valence-electron chi connectivity index (χ3n) is 2.76. The van der Waals surface area contributed by atoms with Crippen molar-refractivity contribution in [3.05, 3.63) is 35.4 Å². The molecule has 0 unspecified atom stereocenters. The fraction of sp³-hybridized carbons (Fsp3) is 0.600. The van der Waals surface area contributed by atoms with Crippen LogP contribution in [0.1, 0.15) is 57.1 Å². The van der Waals surface area contributed by atoms with Crippen LogP contribution in [0, 0.1) is 6.07 Å². The summed E-state index contributed by atoms with van der Waals surface area (Å²) in [4.78, 5) is 0. The SMILES string of the molecule is CCCCCCc1[c]ccc(CCC)c1. The number of hydrogen-bond acceptors (Lipinski definition) is 0. The highest BCUT2D eigenvalue weighted by atomic mass is 14.0.